The van der Waals surface area contributed by atoms with Crippen LogP contribution >= 0.6 is 0 Å². The van der Waals surface area contributed by atoms with Gasteiger partial charge in [0.05, 0.1) is 5.56 Å². The quantitative estimate of drug-likeness (QED) is 0.823. The molecular weight excluding hydrogens is 265 g/mol. The molecule has 3 rings (SSSR count). The molecule has 1 fully saturated rings. The summed E-state index contributed by atoms with van der Waals surface area (Å²) >= 11 is 0. The molecule has 0 spiro atoms. The number of piperidine rings is 1. The third-order valence-electron chi connectivity index (χ3n) is 4.45. The summed E-state index contributed by atoms with van der Waals surface area (Å²) < 4.78 is 38.3. The van der Waals surface area contributed by atoms with Gasteiger partial charge in [0.15, 0.2) is 0 Å². The maximum atomic E-state index is 12.8. The zero-order chi connectivity index (χ0) is 14.2. The van der Waals surface area contributed by atoms with Gasteiger partial charge in [0, 0.05) is 12.2 Å². The Morgan fingerprint density at radius 3 is 2.65 bits per heavy atom. The van der Waals surface area contributed by atoms with Crippen LogP contribution < -0.4 is 10.6 Å². The lowest BCUT2D eigenvalue weighted by Crippen LogP contribution is -2.35. The van der Waals surface area contributed by atoms with Gasteiger partial charge in [-0.3, -0.25) is 0 Å². The van der Waals surface area contributed by atoms with E-state index >= 15 is 0 Å². The second-order valence-corrected chi connectivity index (χ2v) is 5.73. The average Bonchev–Trinajstić information content (AvgIpc) is 2.46. The lowest BCUT2D eigenvalue weighted by atomic mass is 9.77. The molecule has 2 N–H and O–H groups in total. The molecule has 2 aliphatic heterocycles. The molecule has 0 aromatic heterocycles. The van der Waals surface area contributed by atoms with Crippen molar-refractivity contribution < 1.29 is 13.2 Å². The van der Waals surface area contributed by atoms with E-state index in [0.29, 0.717) is 17.5 Å². The standard InChI is InChI=1S/C15H19F3N2/c16-15(17,18)11-3-4-13-12(5-7-20-14(13)8-11)10-2-1-6-19-9-10/h3-4,8,10,12,19-20H,1-2,5-7,9H2. The maximum Gasteiger partial charge on any atom is 0.416 e. The molecule has 2 heterocycles. The highest BCUT2D eigenvalue weighted by Crippen LogP contribution is 2.41. The first-order valence-corrected chi connectivity index (χ1v) is 7.21. The molecule has 110 valence electrons. The second kappa shape index (κ2) is 5.28. The molecule has 20 heavy (non-hydrogen) atoms. The van der Waals surface area contributed by atoms with Crippen LogP contribution in [-0.4, -0.2) is 19.6 Å². The normalized spacial score (nSPS) is 26.8. The van der Waals surface area contributed by atoms with E-state index in [1.807, 2.05) is 0 Å². The van der Waals surface area contributed by atoms with E-state index in [9.17, 15) is 13.2 Å². The van der Waals surface area contributed by atoms with Crippen molar-refractivity contribution in [2.75, 3.05) is 25.0 Å². The number of alkyl halides is 3. The molecule has 1 saturated heterocycles. The van der Waals surface area contributed by atoms with E-state index in [0.717, 1.165) is 44.5 Å². The van der Waals surface area contributed by atoms with Crippen LogP contribution in [0.1, 0.15) is 36.3 Å². The summed E-state index contributed by atoms with van der Waals surface area (Å²) in [7, 11) is 0. The van der Waals surface area contributed by atoms with Crippen molar-refractivity contribution in [3.8, 4) is 0 Å². The first kappa shape index (κ1) is 13.7. The Bertz CT molecular complexity index is 478. The van der Waals surface area contributed by atoms with Crippen LogP contribution in [0.2, 0.25) is 0 Å². The Morgan fingerprint density at radius 2 is 1.95 bits per heavy atom. The van der Waals surface area contributed by atoms with Gasteiger partial charge >= 0.3 is 6.18 Å². The monoisotopic (exact) mass is 284 g/mol. The Kier molecular flexibility index (Phi) is 3.63. The number of nitrogens with one attached hydrogen (secondary N) is 2. The third-order valence-corrected chi connectivity index (χ3v) is 4.45. The Balaban J connectivity index is 1.89. The molecule has 2 unspecified atom stereocenters. The summed E-state index contributed by atoms with van der Waals surface area (Å²) in [6.07, 6.45) is -0.941. The van der Waals surface area contributed by atoms with Crippen molar-refractivity contribution in [2.24, 2.45) is 5.92 Å². The zero-order valence-corrected chi connectivity index (χ0v) is 11.3. The molecule has 0 aliphatic carbocycles. The molecule has 1 aromatic rings. The molecule has 2 atom stereocenters. The largest absolute Gasteiger partial charge is 0.416 e. The maximum absolute atomic E-state index is 12.8. The molecule has 2 nitrogen and oxygen atoms in total. The van der Waals surface area contributed by atoms with E-state index < -0.39 is 11.7 Å². The van der Waals surface area contributed by atoms with E-state index in [4.69, 9.17) is 0 Å². The predicted octanol–water partition coefficient (Wildman–Crippen LogP) is 3.60. The van der Waals surface area contributed by atoms with E-state index in [1.54, 1.807) is 6.07 Å². The van der Waals surface area contributed by atoms with Gasteiger partial charge in [-0.1, -0.05) is 6.07 Å². The van der Waals surface area contributed by atoms with Crippen LogP contribution in [0.25, 0.3) is 0 Å². The first-order valence-electron chi connectivity index (χ1n) is 7.21. The smallest absolute Gasteiger partial charge is 0.385 e. The second-order valence-electron chi connectivity index (χ2n) is 5.73. The van der Waals surface area contributed by atoms with Crippen LogP contribution in [-0.2, 0) is 6.18 Å². The fraction of sp³-hybridized carbons (Fsp3) is 0.600. The van der Waals surface area contributed by atoms with Gasteiger partial charge in [0.1, 0.15) is 0 Å². The van der Waals surface area contributed by atoms with Crippen LogP contribution in [0.5, 0.6) is 0 Å². The van der Waals surface area contributed by atoms with Crippen molar-refractivity contribution >= 4 is 5.69 Å². The average molecular weight is 284 g/mol. The van der Waals surface area contributed by atoms with Gasteiger partial charge in [-0.25, -0.2) is 0 Å². The first-order chi connectivity index (χ1) is 9.55. The minimum Gasteiger partial charge on any atom is -0.385 e. The van der Waals surface area contributed by atoms with E-state index in [1.165, 1.54) is 12.1 Å². The highest BCUT2D eigenvalue weighted by Gasteiger charge is 2.34. The van der Waals surface area contributed by atoms with Gasteiger partial charge in [-0.2, -0.15) is 13.2 Å². The fourth-order valence-electron chi connectivity index (χ4n) is 3.44. The number of hydrogen-bond donors (Lipinski definition) is 2. The molecule has 0 radical (unpaired) electrons. The van der Waals surface area contributed by atoms with E-state index in [2.05, 4.69) is 10.6 Å². The Labute approximate surface area is 116 Å². The lowest BCUT2D eigenvalue weighted by Gasteiger charge is -2.35. The summed E-state index contributed by atoms with van der Waals surface area (Å²) in [6.45, 7) is 2.79. The Morgan fingerprint density at radius 1 is 1.10 bits per heavy atom. The number of halogens is 3. The third kappa shape index (κ3) is 2.64. The van der Waals surface area contributed by atoms with Crippen molar-refractivity contribution in [1.29, 1.82) is 0 Å². The molecular formula is C15H19F3N2. The predicted molar refractivity (Wildman–Crippen MR) is 72.9 cm³/mol. The van der Waals surface area contributed by atoms with Gasteiger partial charge in [0.2, 0.25) is 0 Å². The number of fused-ring (bicyclic) bond motifs is 1. The minimum absolute atomic E-state index is 0.376. The Hall–Kier alpha value is -1.23. The van der Waals surface area contributed by atoms with Crippen LogP contribution in [0.15, 0.2) is 18.2 Å². The number of rotatable bonds is 1. The zero-order valence-electron chi connectivity index (χ0n) is 11.3. The number of hydrogen-bond acceptors (Lipinski definition) is 2. The topological polar surface area (TPSA) is 24.1 Å². The molecule has 0 saturated carbocycles. The fourth-order valence-corrected chi connectivity index (χ4v) is 3.44. The number of anilines is 1. The van der Waals surface area contributed by atoms with Crippen LogP contribution in [0.3, 0.4) is 0 Å². The van der Waals surface area contributed by atoms with Gasteiger partial charge in [-0.05, 0) is 61.9 Å². The molecule has 0 amide bonds. The molecule has 0 bridgehead atoms. The highest BCUT2D eigenvalue weighted by molar-refractivity contribution is 5.57. The molecule has 2 aliphatic rings. The minimum atomic E-state index is -4.27. The summed E-state index contributed by atoms with van der Waals surface area (Å²) in [5.74, 6) is 0.919. The lowest BCUT2D eigenvalue weighted by molar-refractivity contribution is -0.137. The van der Waals surface area contributed by atoms with Crippen molar-refractivity contribution in [3.63, 3.8) is 0 Å². The van der Waals surface area contributed by atoms with Gasteiger partial charge in [0.25, 0.3) is 0 Å². The SMILES string of the molecule is FC(F)(F)c1ccc2c(c1)NCCC2C1CCCNC1. The highest BCUT2D eigenvalue weighted by atomic mass is 19.4. The summed E-state index contributed by atoms with van der Waals surface area (Å²) in [4.78, 5) is 0. The summed E-state index contributed by atoms with van der Waals surface area (Å²) in [6, 6.07) is 4.15. The van der Waals surface area contributed by atoms with Crippen molar-refractivity contribution in [3.05, 3.63) is 29.3 Å². The van der Waals surface area contributed by atoms with Gasteiger partial charge < -0.3 is 10.6 Å². The van der Waals surface area contributed by atoms with Crippen molar-refractivity contribution in [1.82, 2.24) is 5.32 Å². The van der Waals surface area contributed by atoms with Crippen LogP contribution in [0.4, 0.5) is 18.9 Å². The summed E-state index contributed by atoms with van der Waals surface area (Å²) in [5, 5.41) is 6.52. The molecule has 1 aromatic carbocycles. The number of benzene rings is 1. The van der Waals surface area contributed by atoms with E-state index in [-0.39, 0.29) is 0 Å². The van der Waals surface area contributed by atoms with Crippen LogP contribution in [0, 0.1) is 5.92 Å². The summed E-state index contributed by atoms with van der Waals surface area (Å²) in [5.41, 5.74) is 1.16. The van der Waals surface area contributed by atoms with Crippen molar-refractivity contribution in [2.45, 2.75) is 31.4 Å². The molecule has 5 heteroatoms. The van der Waals surface area contributed by atoms with Gasteiger partial charge in [-0.15, -0.1) is 0 Å².